The Hall–Kier alpha value is -4.03. The first-order valence-electron chi connectivity index (χ1n) is 12.6. The normalized spacial score (nSPS) is 20.4. The Labute approximate surface area is 214 Å². The highest BCUT2D eigenvalue weighted by Crippen LogP contribution is 2.45. The largest absolute Gasteiger partial charge is 0.448 e. The number of amides is 1. The van der Waals surface area contributed by atoms with Crippen LogP contribution in [-0.4, -0.2) is 47.9 Å². The molecule has 0 spiro atoms. The summed E-state index contributed by atoms with van der Waals surface area (Å²) in [5.41, 5.74) is 6.84. The van der Waals surface area contributed by atoms with Gasteiger partial charge in [-0.15, -0.1) is 0 Å². The number of hydrogen-bond donors (Lipinski definition) is 0. The van der Waals surface area contributed by atoms with Crippen molar-refractivity contribution >= 4 is 22.6 Å². The van der Waals surface area contributed by atoms with E-state index in [4.69, 9.17) is 9.47 Å². The summed E-state index contributed by atoms with van der Waals surface area (Å²) in [7, 11) is 0. The van der Waals surface area contributed by atoms with Gasteiger partial charge in [-0.1, -0.05) is 60.7 Å². The Bertz CT molecular complexity index is 1520. The minimum atomic E-state index is -0.348. The number of benzene rings is 3. The molecule has 2 bridgehead atoms. The Morgan fingerprint density at radius 2 is 1.73 bits per heavy atom. The molecule has 3 heterocycles. The third-order valence-electron chi connectivity index (χ3n) is 7.78. The number of ether oxygens (including phenoxy) is 2. The summed E-state index contributed by atoms with van der Waals surface area (Å²) in [6, 6.07) is 23.2. The van der Waals surface area contributed by atoms with Gasteiger partial charge in [0.1, 0.15) is 12.4 Å². The van der Waals surface area contributed by atoms with E-state index in [9.17, 15) is 4.79 Å². The second kappa shape index (κ2) is 8.82. The van der Waals surface area contributed by atoms with Crippen molar-refractivity contribution in [3.8, 4) is 11.1 Å². The Morgan fingerprint density at radius 1 is 0.973 bits per heavy atom. The van der Waals surface area contributed by atoms with Crippen LogP contribution in [0.15, 0.2) is 85.1 Å². The first-order valence-corrected chi connectivity index (χ1v) is 12.6. The molecule has 1 fully saturated rings. The van der Waals surface area contributed by atoms with E-state index in [1.807, 2.05) is 48.5 Å². The Kier molecular flexibility index (Phi) is 5.29. The molecular formula is C31H25FN2O3. The number of pyridine rings is 1. The van der Waals surface area contributed by atoms with Gasteiger partial charge in [-0.25, -0.2) is 9.18 Å². The van der Waals surface area contributed by atoms with Crippen LogP contribution in [0.3, 0.4) is 0 Å². The van der Waals surface area contributed by atoms with Crippen LogP contribution in [0.1, 0.15) is 29.0 Å². The van der Waals surface area contributed by atoms with Gasteiger partial charge < -0.3 is 9.47 Å². The van der Waals surface area contributed by atoms with Crippen LogP contribution >= 0.6 is 0 Å². The van der Waals surface area contributed by atoms with E-state index in [1.165, 1.54) is 28.3 Å². The number of rotatable bonds is 3. The number of carbonyl (C=O) groups excluding carboxylic acids is 1. The topological polar surface area (TPSA) is 51.7 Å². The number of halogens is 1. The molecule has 184 valence electrons. The van der Waals surface area contributed by atoms with Crippen LogP contribution in [0.2, 0.25) is 0 Å². The maximum absolute atomic E-state index is 15.1. The maximum Gasteiger partial charge on any atom is 0.410 e. The zero-order valence-electron chi connectivity index (χ0n) is 20.1. The highest BCUT2D eigenvalue weighted by molar-refractivity contribution is 5.85. The average molecular weight is 493 g/mol. The predicted molar refractivity (Wildman–Crippen MR) is 140 cm³/mol. The number of aromatic nitrogens is 1. The lowest BCUT2D eigenvalue weighted by Crippen LogP contribution is -2.56. The standard InChI is InChI=1S/C31H25FN2O3/c32-29-15-30-19(6-5-11-33-30)14-27(29)20-12-21-16-36-17-22(13-20)34(21)31(35)37-18-28-25-9-3-1-7-23(25)24-8-2-4-10-26(24)28/h1-12,14-15,21-22,28H,13,16-18H2. The minimum Gasteiger partial charge on any atom is -0.448 e. The molecule has 2 aliphatic heterocycles. The van der Waals surface area contributed by atoms with Gasteiger partial charge in [0.15, 0.2) is 0 Å². The van der Waals surface area contributed by atoms with Crippen LogP contribution in [0.5, 0.6) is 0 Å². The SMILES string of the molecule is O=C(OCC1c2ccccc2-c2ccccc21)N1C2C=C(c3cc4cccnc4cc3F)CC1COC2. The van der Waals surface area contributed by atoms with Gasteiger partial charge in [-0.05, 0) is 46.4 Å². The highest BCUT2D eigenvalue weighted by atomic mass is 19.1. The molecule has 7 rings (SSSR count). The number of carbonyl (C=O) groups is 1. The smallest absolute Gasteiger partial charge is 0.410 e. The minimum absolute atomic E-state index is 0.00337. The molecule has 4 aromatic rings. The zero-order chi connectivity index (χ0) is 24.9. The highest BCUT2D eigenvalue weighted by Gasteiger charge is 2.40. The van der Waals surface area contributed by atoms with Gasteiger partial charge in [-0.2, -0.15) is 0 Å². The number of nitrogens with zero attached hydrogens (tertiary/aromatic N) is 2. The van der Waals surface area contributed by atoms with Gasteiger partial charge in [0, 0.05) is 29.1 Å². The maximum atomic E-state index is 15.1. The summed E-state index contributed by atoms with van der Waals surface area (Å²) in [5, 5.41) is 0.889. The first kappa shape index (κ1) is 22.2. The van der Waals surface area contributed by atoms with E-state index in [-0.39, 0.29) is 36.5 Å². The fourth-order valence-corrected chi connectivity index (χ4v) is 6.09. The molecule has 3 aromatic carbocycles. The second-order valence-corrected chi connectivity index (χ2v) is 9.89. The lowest BCUT2D eigenvalue weighted by molar-refractivity contribution is -0.0331. The monoisotopic (exact) mass is 492 g/mol. The Morgan fingerprint density at radius 3 is 2.49 bits per heavy atom. The van der Waals surface area contributed by atoms with Gasteiger partial charge in [0.25, 0.3) is 0 Å². The third-order valence-corrected chi connectivity index (χ3v) is 7.78. The van der Waals surface area contributed by atoms with Crippen LogP contribution in [0.4, 0.5) is 9.18 Å². The van der Waals surface area contributed by atoms with Crippen LogP contribution < -0.4 is 0 Å². The van der Waals surface area contributed by atoms with Crippen molar-refractivity contribution in [1.82, 2.24) is 9.88 Å². The molecule has 0 N–H and O–H groups in total. The fourth-order valence-electron chi connectivity index (χ4n) is 6.09. The van der Waals surface area contributed by atoms with Crippen molar-refractivity contribution in [2.24, 2.45) is 0 Å². The van der Waals surface area contributed by atoms with Crippen LogP contribution in [-0.2, 0) is 9.47 Å². The molecule has 2 unspecified atom stereocenters. The molecule has 1 aliphatic carbocycles. The lowest BCUT2D eigenvalue weighted by atomic mass is 9.89. The summed E-state index contributed by atoms with van der Waals surface area (Å²) in [6.07, 6.45) is 3.77. The van der Waals surface area contributed by atoms with Crippen molar-refractivity contribution in [3.05, 3.63) is 108 Å². The Balaban J connectivity index is 1.14. The van der Waals surface area contributed by atoms with E-state index in [2.05, 4.69) is 29.2 Å². The third kappa shape index (κ3) is 3.71. The van der Waals surface area contributed by atoms with Gasteiger partial charge in [0.05, 0.1) is 30.8 Å². The first-order chi connectivity index (χ1) is 18.2. The summed E-state index contributed by atoms with van der Waals surface area (Å²) >= 11 is 0. The summed E-state index contributed by atoms with van der Waals surface area (Å²) < 4.78 is 26.8. The summed E-state index contributed by atoms with van der Waals surface area (Å²) in [4.78, 5) is 19.4. The molecule has 2 atom stereocenters. The number of fused-ring (bicyclic) bond motifs is 6. The lowest BCUT2D eigenvalue weighted by Gasteiger charge is -2.44. The van der Waals surface area contributed by atoms with E-state index in [1.54, 1.807) is 11.1 Å². The van der Waals surface area contributed by atoms with Crippen molar-refractivity contribution in [3.63, 3.8) is 0 Å². The van der Waals surface area contributed by atoms with Gasteiger partial charge in [-0.3, -0.25) is 9.88 Å². The summed E-state index contributed by atoms with van der Waals surface area (Å²) in [5.74, 6) is -0.297. The van der Waals surface area contributed by atoms with Crippen molar-refractivity contribution < 1.29 is 18.7 Å². The average Bonchev–Trinajstić information content (AvgIpc) is 3.24. The molecule has 37 heavy (non-hydrogen) atoms. The number of morpholine rings is 1. The van der Waals surface area contributed by atoms with E-state index >= 15 is 4.39 Å². The second-order valence-electron chi connectivity index (χ2n) is 9.89. The van der Waals surface area contributed by atoms with Crippen LogP contribution in [0, 0.1) is 5.82 Å². The van der Waals surface area contributed by atoms with Gasteiger partial charge in [0.2, 0.25) is 0 Å². The fraction of sp³-hybridized carbons (Fsp3) is 0.226. The molecule has 1 saturated heterocycles. The van der Waals surface area contributed by atoms with E-state index in [0.29, 0.717) is 30.7 Å². The van der Waals surface area contributed by atoms with Crippen molar-refractivity contribution in [2.75, 3.05) is 19.8 Å². The van der Waals surface area contributed by atoms with Crippen LogP contribution in [0.25, 0.3) is 27.6 Å². The van der Waals surface area contributed by atoms with Crippen molar-refractivity contribution in [1.29, 1.82) is 0 Å². The molecule has 1 amide bonds. The molecule has 3 aliphatic rings. The zero-order valence-corrected chi connectivity index (χ0v) is 20.1. The molecular weight excluding hydrogens is 467 g/mol. The van der Waals surface area contributed by atoms with E-state index in [0.717, 1.165) is 11.0 Å². The molecule has 1 aromatic heterocycles. The molecule has 6 heteroatoms. The number of hydrogen-bond acceptors (Lipinski definition) is 4. The molecule has 0 radical (unpaired) electrons. The quantitative estimate of drug-likeness (QED) is 0.343. The predicted octanol–water partition coefficient (Wildman–Crippen LogP) is 6.18. The van der Waals surface area contributed by atoms with E-state index < -0.39 is 0 Å². The summed E-state index contributed by atoms with van der Waals surface area (Å²) in [6.45, 7) is 1.03. The molecule has 0 saturated carbocycles. The van der Waals surface area contributed by atoms with Crippen molar-refractivity contribution in [2.45, 2.75) is 24.4 Å². The molecule has 5 nitrogen and oxygen atoms in total. The van der Waals surface area contributed by atoms with Gasteiger partial charge >= 0.3 is 6.09 Å².